The van der Waals surface area contributed by atoms with E-state index in [1.807, 2.05) is 6.07 Å². The lowest BCUT2D eigenvalue weighted by Gasteiger charge is -2.15. The molecule has 2 aromatic heterocycles. The van der Waals surface area contributed by atoms with Crippen LogP contribution in [0.3, 0.4) is 0 Å². The molecule has 142 valence electrons. The van der Waals surface area contributed by atoms with Crippen molar-refractivity contribution in [2.24, 2.45) is 0 Å². The highest BCUT2D eigenvalue weighted by molar-refractivity contribution is 5.43. The predicted octanol–water partition coefficient (Wildman–Crippen LogP) is 4.19. The zero-order chi connectivity index (χ0) is 19.2. The Hall–Kier alpha value is -2.48. The number of aromatic nitrogens is 3. The number of nitrogens with zero attached hydrogens (tertiary/aromatic N) is 4. The van der Waals surface area contributed by atoms with Crippen LogP contribution in [0.5, 0.6) is 0 Å². The molecule has 1 fully saturated rings. The summed E-state index contributed by atoms with van der Waals surface area (Å²) in [7, 11) is 0. The van der Waals surface area contributed by atoms with E-state index in [2.05, 4.69) is 15.0 Å². The van der Waals surface area contributed by atoms with Crippen molar-refractivity contribution in [1.29, 1.82) is 0 Å². The molecular weight excluding hydrogens is 360 g/mol. The summed E-state index contributed by atoms with van der Waals surface area (Å²) in [6.45, 7) is 3.60. The first-order valence-electron chi connectivity index (χ1n) is 8.71. The summed E-state index contributed by atoms with van der Waals surface area (Å²) >= 11 is 0. The van der Waals surface area contributed by atoms with Gasteiger partial charge in [0.2, 0.25) is 0 Å². The lowest BCUT2D eigenvalue weighted by atomic mass is 10.1. The van der Waals surface area contributed by atoms with E-state index in [1.165, 1.54) is 19.1 Å². The number of rotatable bonds is 3. The van der Waals surface area contributed by atoms with E-state index in [0.717, 1.165) is 29.1 Å². The highest BCUT2D eigenvalue weighted by Crippen LogP contribution is 2.32. The van der Waals surface area contributed by atoms with Gasteiger partial charge in [-0.3, -0.25) is 4.90 Å². The first-order chi connectivity index (χ1) is 12.8. The number of halogens is 4. The quantitative estimate of drug-likeness (QED) is 0.641. The van der Waals surface area contributed by atoms with Crippen LogP contribution in [0.4, 0.5) is 17.6 Å². The van der Waals surface area contributed by atoms with Crippen LogP contribution in [0.1, 0.15) is 35.0 Å². The van der Waals surface area contributed by atoms with E-state index in [4.69, 9.17) is 0 Å². The number of aryl methyl sites for hydroxylation is 1. The first kappa shape index (κ1) is 17.9. The third-order valence-electron chi connectivity index (χ3n) is 4.85. The van der Waals surface area contributed by atoms with Gasteiger partial charge in [0, 0.05) is 30.8 Å². The van der Waals surface area contributed by atoms with E-state index >= 15 is 0 Å². The number of hydrogen-bond acceptors (Lipinski definition) is 3. The maximum Gasteiger partial charge on any atom is 0.433 e. The van der Waals surface area contributed by atoms with Crippen molar-refractivity contribution in [3.05, 3.63) is 64.9 Å². The molecule has 3 heterocycles. The molecule has 0 spiro atoms. The maximum atomic E-state index is 13.3. The lowest BCUT2D eigenvalue weighted by Crippen LogP contribution is -2.20. The van der Waals surface area contributed by atoms with E-state index < -0.39 is 11.9 Å². The fraction of sp³-hybridized carbons (Fsp3) is 0.368. The smallest absolute Gasteiger partial charge is 0.298 e. The predicted molar refractivity (Wildman–Crippen MR) is 91.8 cm³/mol. The van der Waals surface area contributed by atoms with Crippen molar-refractivity contribution in [2.75, 3.05) is 13.1 Å². The summed E-state index contributed by atoms with van der Waals surface area (Å²) < 4.78 is 54.1. The average molecular weight is 378 g/mol. The molecule has 0 saturated carbocycles. The summed E-state index contributed by atoms with van der Waals surface area (Å²) in [6.07, 6.45) is -3.70. The zero-order valence-electron chi connectivity index (χ0n) is 14.7. The zero-order valence-corrected chi connectivity index (χ0v) is 14.7. The Morgan fingerprint density at radius 3 is 2.74 bits per heavy atom. The van der Waals surface area contributed by atoms with E-state index in [1.54, 1.807) is 12.1 Å². The molecular formula is C19H18F4N4. The van der Waals surface area contributed by atoms with Gasteiger partial charge in [0.25, 0.3) is 0 Å². The van der Waals surface area contributed by atoms with E-state index in [-0.39, 0.29) is 17.4 Å². The maximum absolute atomic E-state index is 13.3. The summed E-state index contributed by atoms with van der Waals surface area (Å²) in [5, 5.41) is 4.21. The standard InChI is InChI=1S/C19H18F4N4/c1-12-7-17(19(21,22)23)27-18(24-12)9-16(25-27)14-5-6-26(11-14)10-13-3-2-4-15(20)8-13/h2-4,7-9,14H,5-6,10-11H2,1H3/t14-/m0/s1. The molecule has 1 atom stereocenters. The second-order valence-electron chi connectivity index (χ2n) is 6.97. The Bertz CT molecular complexity index is 979. The van der Waals surface area contributed by atoms with Crippen molar-refractivity contribution in [2.45, 2.75) is 32.0 Å². The summed E-state index contributed by atoms with van der Waals surface area (Å²) in [4.78, 5) is 6.34. The minimum absolute atomic E-state index is 0.0293. The summed E-state index contributed by atoms with van der Waals surface area (Å²) in [5.74, 6) is -0.244. The van der Waals surface area contributed by atoms with Gasteiger partial charge in [0.1, 0.15) is 11.5 Å². The van der Waals surface area contributed by atoms with Crippen LogP contribution in [0.25, 0.3) is 5.65 Å². The van der Waals surface area contributed by atoms with Crippen molar-refractivity contribution < 1.29 is 17.6 Å². The number of fused-ring (bicyclic) bond motifs is 1. The van der Waals surface area contributed by atoms with Crippen molar-refractivity contribution in [3.8, 4) is 0 Å². The number of alkyl halides is 3. The van der Waals surface area contributed by atoms with Gasteiger partial charge < -0.3 is 0 Å². The van der Waals surface area contributed by atoms with Crippen LogP contribution in [0.2, 0.25) is 0 Å². The van der Waals surface area contributed by atoms with E-state index in [0.29, 0.717) is 24.5 Å². The average Bonchev–Trinajstić information content (AvgIpc) is 3.19. The van der Waals surface area contributed by atoms with Crippen LogP contribution in [0.15, 0.2) is 36.4 Å². The van der Waals surface area contributed by atoms with Gasteiger partial charge in [-0.1, -0.05) is 12.1 Å². The first-order valence-corrected chi connectivity index (χ1v) is 8.71. The molecule has 1 aromatic carbocycles. The van der Waals surface area contributed by atoms with Gasteiger partial charge in [0.15, 0.2) is 5.65 Å². The van der Waals surface area contributed by atoms with Gasteiger partial charge in [0.05, 0.1) is 5.69 Å². The Morgan fingerprint density at radius 1 is 1.19 bits per heavy atom. The van der Waals surface area contributed by atoms with Crippen LogP contribution in [-0.2, 0) is 12.7 Å². The largest absolute Gasteiger partial charge is 0.433 e. The molecule has 0 aliphatic carbocycles. The van der Waals surface area contributed by atoms with Crippen molar-refractivity contribution >= 4 is 5.65 Å². The Morgan fingerprint density at radius 2 is 2.00 bits per heavy atom. The van der Waals surface area contributed by atoms with Gasteiger partial charge in [-0.25, -0.2) is 13.9 Å². The summed E-state index contributed by atoms with van der Waals surface area (Å²) in [6, 6.07) is 9.09. The molecule has 27 heavy (non-hydrogen) atoms. The number of benzene rings is 1. The Kier molecular flexibility index (Phi) is 4.38. The molecule has 4 nitrogen and oxygen atoms in total. The second-order valence-corrected chi connectivity index (χ2v) is 6.97. The highest BCUT2D eigenvalue weighted by atomic mass is 19.4. The molecule has 4 rings (SSSR count). The Labute approximate surface area is 153 Å². The molecule has 0 unspecified atom stereocenters. The van der Waals surface area contributed by atoms with Crippen molar-refractivity contribution in [3.63, 3.8) is 0 Å². The van der Waals surface area contributed by atoms with Crippen LogP contribution in [0, 0.1) is 12.7 Å². The molecule has 0 radical (unpaired) electrons. The van der Waals surface area contributed by atoms with Gasteiger partial charge in [-0.05, 0) is 43.7 Å². The lowest BCUT2D eigenvalue weighted by molar-refractivity contribution is -0.142. The van der Waals surface area contributed by atoms with Gasteiger partial charge in [-0.15, -0.1) is 0 Å². The number of hydrogen-bond donors (Lipinski definition) is 0. The number of likely N-dealkylation sites (tertiary alicyclic amines) is 1. The topological polar surface area (TPSA) is 33.4 Å². The molecule has 1 aliphatic heterocycles. The minimum Gasteiger partial charge on any atom is -0.298 e. The monoisotopic (exact) mass is 378 g/mol. The molecule has 0 bridgehead atoms. The third kappa shape index (κ3) is 3.66. The molecule has 1 aliphatic rings. The van der Waals surface area contributed by atoms with Crippen LogP contribution in [-0.4, -0.2) is 32.6 Å². The Balaban J connectivity index is 1.57. The molecule has 3 aromatic rings. The third-order valence-corrected chi connectivity index (χ3v) is 4.85. The van der Waals surface area contributed by atoms with Crippen LogP contribution >= 0.6 is 0 Å². The van der Waals surface area contributed by atoms with Crippen molar-refractivity contribution in [1.82, 2.24) is 19.5 Å². The molecule has 8 heteroatoms. The van der Waals surface area contributed by atoms with Gasteiger partial charge in [-0.2, -0.15) is 18.3 Å². The molecule has 0 N–H and O–H groups in total. The van der Waals surface area contributed by atoms with E-state index in [9.17, 15) is 17.6 Å². The molecule has 1 saturated heterocycles. The van der Waals surface area contributed by atoms with Gasteiger partial charge >= 0.3 is 6.18 Å². The fourth-order valence-corrected chi connectivity index (χ4v) is 3.63. The SMILES string of the molecule is Cc1cc(C(F)(F)F)n2nc([C@H]3CCN(Cc4cccc(F)c4)C3)cc2n1. The molecule has 0 amide bonds. The fourth-order valence-electron chi connectivity index (χ4n) is 3.63. The second kappa shape index (κ2) is 6.60. The normalized spacial score (nSPS) is 18.5. The van der Waals surface area contributed by atoms with Crippen LogP contribution < -0.4 is 0 Å². The minimum atomic E-state index is -4.49. The summed E-state index contributed by atoms with van der Waals surface area (Å²) in [5.41, 5.74) is 1.19. The highest BCUT2D eigenvalue weighted by Gasteiger charge is 2.35.